The molecule has 1 saturated heterocycles. The van der Waals surface area contributed by atoms with E-state index in [-0.39, 0.29) is 23.3 Å². The average Bonchev–Trinajstić information content (AvgIpc) is 2.62. The van der Waals surface area contributed by atoms with Gasteiger partial charge in [-0.1, -0.05) is 30.3 Å². The van der Waals surface area contributed by atoms with Gasteiger partial charge < -0.3 is 10.2 Å². The summed E-state index contributed by atoms with van der Waals surface area (Å²) in [4.78, 5) is 26.5. The third-order valence-electron chi connectivity index (χ3n) is 4.22. The molecule has 3 rings (SSSR count). The minimum Gasteiger partial charge on any atom is -0.338 e. The highest BCUT2D eigenvalue weighted by molar-refractivity contribution is 5.96. The first kappa shape index (κ1) is 16.2. The Morgan fingerprint density at radius 3 is 2.50 bits per heavy atom. The summed E-state index contributed by atoms with van der Waals surface area (Å²) >= 11 is 0. The maximum absolute atomic E-state index is 13.8. The molecule has 1 heterocycles. The molecule has 1 atom stereocenters. The molecule has 0 bridgehead atoms. The van der Waals surface area contributed by atoms with Crippen molar-refractivity contribution in [3.8, 4) is 0 Å². The first-order chi connectivity index (χ1) is 11.6. The van der Waals surface area contributed by atoms with E-state index < -0.39 is 5.82 Å². The lowest BCUT2D eigenvalue weighted by molar-refractivity contribution is -0.121. The molecule has 0 saturated carbocycles. The fourth-order valence-corrected chi connectivity index (χ4v) is 2.95. The van der Waals surface area contributed by atoms with E-state index in [0.29, 0.717) is 13.1 Å². The third kappa shape index (κ3) is 3.62. The van der Waals surface area contributed by atoms with Gasteiger partial charge in [0, 0.05) is 18.8 Å². The minimum absolute atomic E-state index is 0.0571. The Labute approximate surface area is 140 Å². The fourth-order valence-electron chi connectivity index (χ4n) is 2.95. The molecule has 1 N–H and O–H groups in total. The average molecular weight is 326 g/mol. The van der Waals surface area contributed by atoms with E-state index in [1.165, 1.54) is 12.1 Å². The molecule has 1 unspecified atom stereocenters. The summed E-state index contributed by atoms with van der Waals surface area (Å²) in [6, 6.07) is 15.2. The molecule has 2 aromatic rings. The lowest BCUT2D eigenvalue weighted by atomic mass is 9.96. The van der Waals surface area contributed by atoms with Crippen LogP contribution in [0.4, 0.5) is 10.1 Å². The number of amides is 2. The van der Waals surface area contributed by atoms with Crippen molar-refractivity contribution in [3.05, 3.63) is 66.0 Å². The van der Waals surface area contributed by atoms with Crippen molar-refractivity contribution in [1.82, 2.24) is 4.90 Å². The van der Waals surface area contributed by atoms with Crippen molar-refractivity contribution < 1.29 is 14.0 Å². The summed E-state index contributed by atoms with van der Waals surface area (Å²) in [5, 5.41) is 2.87. The molecule has 1 aliphatic heterocycles. The molecular formula is C19H19FN2O2. The maximum Gasteiger partial charge on any atom is 0.256 e. The second kappa shape index (κ2) is 7.25. The van der Waals surface area contributed by atoms with Gasteiger partial charge in [-0.05, 0) is 37.1 Å². The van der Waals surface area contributed by atoms with Crippen LogP contribution in [0.2, 0.25) is 0 Å². The predicted octanol–water partition coefficient (Wildman–Crippen LogP) is 3.32. The molecule has 5 heteroatoms. The van der Waals surface area contributed by atoms with Gasteiger partial charge in [-0.15, -0.1) is 0 Å². The molecule has 0 spiro atoms. The highest BCUT2D eigenvalue weighted by Gasteiger charge is 2.29. The zero-order valence-electron chi connectivity index (χ0n) is 13.2. The van der Waals surface area contributed by atoms with Crippen LogP contribution in [-0.4, -0.2) is 29.8 Å². The van der Waals surface area contributed by atoms with E-state index in [0.717, 1.165) is 18.5 Å². The van der Waals surface area contributed by atoms with E-state index in [1.807, 2.05) is 30.3 Å². The smallest absolute Gasteiger partial charge is 0.256 e. The van der Waals surface area contributed by atoms with Crippen molar-refractivity contribution in [1.29, 1.82) is 0 Å². The van der Waals surface area contributed by atoms with Gasteiger partial charge in [0.05, 0.1) is 11.5 Å². The number of nitrogens with one attached hydrogen (secondary N) is 1. The molecule has 4 nitrogen and oxygen atoms in total. The number of nitrogens with zero attached hydrogens (tertiary/aromatic N) is 1. The number of hydrogen-bond donors (Lipinski definition) is 1. The van der Waals surface area contributed by atoms with Crippen molar-refractivity contribution in [2.45, 2.75) is 12.8 Å². The minimum atomic E-state index is -0.529. The van der Waals surface area contributed by atoms with Gasteiger partial charge >= 0.3 is 0 Å². The Morgan fingerprint density at radius 1 is 1.04 bits per heavy atom. The van der Waals surface area contributed by atoms with Crippen LogP contribution in [0.5, 0.6) is 0 Å². The van der Waals surface area contributed by atoms with Crippen molar-refractivity contribution in [2.24, 2.45) is 5.92 Å². The number of carbonyl (C=O) groups excluding carboxylic acids is 2. The first-order valence-corrected chi connectivity index (χ1v) is 8.05. The third-order valence-corrected chi connectivity index (χ3v) is 4.22. The topological polar surface area (TPSA) is 49.4 Å². The van der Waals surface area contributed by atoms with E-state index in [2.05, 4.69) is 5.32 Å². The maximum atomic E-state index is 13.8. The quantitative estimate of drug-likeness (QED) is 0.941. The molecule has 24 heavy (non-hydrogen) atoms. The molecule has 124 valence electrons. The number of rotatable bonds is 3. The summed E-state index contributed by atoms with van der Waals surface area (Å²) in [6.45, 7) is 0.855. The van der Waals surface area contributed by atoms with Gasteiger partial charge in [0.1, 0.15) is 5.82 Å². The highest BCUT2D eigenvalue weighted by Crippen LogP contribution is 2.21. The van der Waals surface area contributed by atoms with Gasteiger partial charge in [0.25, 0.3) is 5.91 Å². The monoisotopic (exact) mass is 326 g/mol. The molecule has 2 amide bonds. The van der Waals surface area contributed by atoms with Crippen LogP contribution in [0.3, 0.4) is 0 Å². The van der Waals surface area contributed by atoms with Crippen molar-refractivity contribution in [3.63, 3.8) is 0 Å². The standard InChI is InChI=1S/C19H19FN2O2/c20-17-11-5-4-10-16(17)19(24)22-12-6-7-14(13-22)18(23)21-15-8-2-1-3-9-15/h1-5,8-11,14H,6-7,12-13H2,(H,21,23). The normalized spacial score (nSPS) is 17.4. The van der Waals surface area contributed by atoms with Crippen LogP contribution in [0, 0.1) is 11.7 Å². The number of piperidine rings is 1. The molecule has 1 fully saturated rings. The zero-order chi connectivity index (χ0) is 16.9. The van der Waals surface area contributed by atoms with E-state index in [9.17, 15) is 14.0 Å². The van der Waals surface area contributed by atoms with Crippen molar-refractivity contribution >= 4 is 17.5 Å². The number of benzene rings is 2. The van der Waals surface area contributed by atoms with E-state index in [1.54, 1.807) is 17.0 Å². The lowest BCUT2D eigenvalue weighted by Gasteiger charge is -2.32. The molecule has 1 aliphatic rings. The number of para-hydroxylation sites is 1. The van der Waals surface area contributed by atoms with E-state index >= 15 is 0 Å². The Hall–Kier alpha value is -2.69. The first-order valence-electron chi connectivity index (χ1n) is 8.05. The summed E-state index contributed by atoms with van der Waals surface area (Å²) in [5.41, 5.74) is 0.793. The molecule has 0 radical (unpaired) electrons. The Morgan fingerprint density at radius 2 is 1.75 bits per heavy atom. The molecule has 0 aromatic heterocycles. The molecule has 0 aliphatic carbocycles. The van der Waals surface area contributed by atoms with Crippen LogP contribution in [0.15, 0.2) is 54.6 Å². The summed E-state index contributed by atoms with van der Waals surface area (Å²) in [6.07, 6.45) is 1.45. The SMILES string of the molecule is O=C(Nc1ccccc1)C1CCCN(C(=O)c2ccccc2F)C1. The van der Waals surface area contributed by atoms with Gasteiger partial charge in [-0.25, -0.2) is 4.39 Å². The van der Waals surface area contributed by atoms with Gasteiger partial charge in [-0.3, -0.25) is 9.59 Å². The van der Waals surface area contributed by atoms with Crippen LogP contribution < -0.4 is 5.32 Å². The summed E-state index contributed by atoms with van der Waals surface area (Å²) in [5.74, 6) is -1.27. The molecular weight excluding hydrogens is 307 g/mol. The second-order valence-corrected chi connectivity index (χ2v) is 5.93. The largest absolute Gasteiger partial charge is 0.338 e. The molecule has 2 aromatic carbocycles. The van der Waals surface area contributed by atoms with E-state index in [4.69, 9.17) is 0 Å². The van der Waals surface area contributed by atoms with Crippen LogP contribution in [0.1, 0.15) is 23.2 Å². The Kier molecular flexibility index (Phi) is 4.89. The predicted molar refractivity (Wildman–Crippen MR) is 90.1 cm³/mol. The van der Waals surface area contributed by atoms with Gasteiger partial charge in [0.2, 0.25) is 5.91 Å². The lowest BCUT2D eigenvalue weighted by Crippen LogP contribution is -2.44. The number of hydrogen-bond acceptors (Lipinski definition) is 2. The Bertz CT molecular complexity index is 733. The van der Waals surface area contributed by atoms with Crippen LogP contribution in [0.25, 0.3) is 0 Å². The summed E-state index contributed by atoms with van der Waals surface area (Å²) < 4.78 is 13.8. The van der Waals surface area contributed by atoms with Crippen LogP contribution >= 0.6 is 0 Å². The fraction of sp³-hybridized carbons (Fsp3) is 0.263. The van der Waals surface area contributed by atoms with Crippen LogP contribution in [-0.2, 0) is 4.79 Å². The zero-order valence-corrected chi connectivity index (χ0v) is 13.2. The number of likely N-dealkylation sites (tertiary alicyclic amines) is 1. The van der Waals surface area contributed by atoms with Gasteiger partial charge in [-0.2, -0.15) is 0 Å². The number of anilines is 1. The number of halogens is 1. The second-order valence-electron chi connectivity index (χ2n) is 5.93. The number of carbonyl (C=O) groups is 2. The van der Waals surface area contributed by atoms with Gasteiger partial charge in [0.15, 0.2) is 0 Å². The van der Waals surface area contributed by atoms with Crippen molar-refractivity contribution in [2.75, 3.05) is 18.4 Å². The Balaban J connectivity index is 1.67. The summed E-state index contributed by atoms with van der Waals surface area (Å²) in [7, 11) is 0. The highest BCUT2D eigenvalue weighted by atomic mass is 19.1.